The molecule has 0 aliphatic heterocycles. The Morgan fingerprint density at radius 1 is 1.04 bits per heavy atom. The minimum Gasteiger partial charge on any atom is -0.496 e. The predicted molar refractivity (Wildman–Crippen MR) is 107 cm³/mol. The SMILES string of the molecule is COc1ccccc1C(=O)Nn1c(CCC(=O)O)ccc1-c1ccc(C)cc1. The second kappa shape index (κ2) is 8.43. The van der Waals surface area contributed by atoms with Crippen LogP contribution in [0.2, 0.25) is 0 Å². The summed E-state index contributed by atoms with van der Waals surface area (Å²) in [6.07, 6.45) is 0.273. The van der Waals surface area contributed by atoms with Gasteiger partial charge in [-0.15, -0.1) is 0 Å². The van der Waals surface area contributed by atoms with E-state index in [1.807, 2.05) is 43.3 Å². The highest BCUT2D eigenvalue weighted by atomic mass is 16.5. The van der Waals surface area contributed by atoms with Crippen molar-refractivity contribution < 1.29 is 19.4 Å². The minimum atomic E-state index is -0.888. The number of aromatic nitrogens is 1. The molecule has 2 aromatic carbocycles. The van der Waals surface area contributed by atoms with E-state index in [2.05, 4.69) is 5.43 Å². The van der Waals surface area contributed by atoms with Crippen LogP contribution < -0.4 is 10.2 Å². The van der Waals surface area contributed by atoms with Gasteiger partial charge in [-0.1, -0.05) is 42.0 Å². The molecule has 6 heteroatoms. The van der Waals surface area contributed by atoms with E-state index in [1.165, 1.54) is 7.11 Å². The lowest BCUT2D eigenvalue weighted by atomic mass is 10.1. The molecule has 0 fully saturated rings. The highest BCUT2D eigenvalue weighted by Gasteiger charge is 2.17. The lowest BCUT2D eigenvalue weighted by Gasteiger charge is -2.16. The first-order valence-corrected chi connectivity index (χ1v) is 8.93. The van der Waals surface area contributed by atoms with Crippen molar-refractivity contribution in [3.05, 3.63) is 77.5 Å². The quantitative estimate of drug-likeness (QED) is 0.654. The first-order valence-electron chi connectivity index (χ1n) is 8.93. The first kappa shape index (κ1) is 19.2. The number of ether oxygens (including phenoxy) is 1. The summed E-state index contributed by atoms with van der Waals surface area (Å²) in [5.74, 6) is -0.754. The van der Waals surface area contributed by atoms with Crippen LogP contribution >= 0.6 is 0 Å². The molecular formula is C22H22N2O4. The van der Waals surface area contributed by atoms with E-state index in [9.17, 15) is 9.59 Å². The molecule has 0 atom stereocenters. The third-order valence-electron chi connectivity index (χ3n) is 4.47. The molecule has 0 saturated carbocycles. The van der Waals surface area contributed by atoms with Crippen LogP contribution in [-0.2, 0) is 11.2 Å². The van der Waals surface area contributed by atoms with Crippen LogP contribution in [0, 0.1) is 6.92 Å². The van der Waals surface area contributed by atoms with Gasteiger partial charge in [0, 0.05) is 17.7 Å². The number of carboxylic acid groups (broad SMARTS) is 1. The molecule has 0 unspecified atom stereocenters. The average molecular weight is 378 g/mol. The Bertz CT molecular complexity index is 990. The molecule has 0 aliphatic rings. The summed E-state index contributed by atoms with van der Waals surface area (Å²) < 4.78 is 6.93. The summed E-state index contributed by atoms with van der Waals surface area (Å²) in [5, 5.41) is 9.04. The fourth-order valence-electron chi connectivity index (χ4n) is 2.98. The van der Waals surface area contributed by atoms with E-state index in [1.54, 1.807) is 28.9 Å². The monoisotopic (exact) mass is 378 g/mol. The number of carboxylic acids is 1. The van der Waals surface area contributed by atoms with Crippen molar-refractivity contribution in [3.8, 4) is 17.0 Å². The van der Waals surface area contributed by atoms with Gasteiger partial charge in [0.15, 0.2) is 0 Å². The lowest BCUT2D eigenvalue weighted by Crippen LogP contribution is -2.26. The number of rotatable bonds is 7. The number of nitrogens with zero attached hydrogens (tertiary/aromatic N) is 1. The second-order valence-electron chi connectivity index (χ2n) is 6.45. The van der Waals surface area contributed by atoms with Gasteiger partial charge in [-0.2, -0.15) is 0 Å². The molecule has 144 valence electrons. The third-order valence-corrected chi connectivity index (χ3v) is 4.47. The number of aryl methyl sites for hydroxylation is 2. The summed E-state index contributed by atoms with van der Waals surface area (Å²) in [7, 11) is 1.51. The maximum absolute atomic E-state index is 12.9. The molecule has 1 amide bonds. The Morgan fingerprint density at radius 2 is 1.75 bits per heavy atom. The summed E-state index contributed by atoms with van der Waals surface area (Å²) in [6.45, 7) is 2.00. The van der Waals surface area contributed by atoms with E-state index in [0.29, 0.717) is 23.4 Å². The van der Waals surface area contributed by atoms with Gasteiger partial charge in [-0.25, -0.2) is 0 Å². The van der Waals surface area contributed by atoms with Crippen molar-refractivity contribution in [2.75, 3.05) is 12.5 Å². The Kier molecular flexibility index (Phi) is 5.79. The number of aliphatic carboxylic acids is 1. The molecule has 0 bridgehead atoms. The first-order chi connectivity index (χ1) is 13.5. The summed E-state index contributed by atoms with van der Waals surface area (Å²) in [5.41, 5.74) is 6.84. The number of hydrogen-bond donors (Lipinski definition) is 2. The number of para-hydroxylation sites is 1. The number of carbonyl (C=O) groups excluding carboxylic acids is 1. The molecule has 0 spiro atoms. The van der Waals surface area contributed by atoms with E-state index < -0.39 is 5.97 Å². The maximum atomic E-state index is 12.9. The molecule has 1 aromatic heterocycles. The van der Waals surface area contributed by atoms with Gasteiger partial charge in [0.05, 0.1) is 24.8 Å². The van der Waals surface area contributed by atoms with Crippen molar-refractivity contribution in [2.24, 2.45) is 0 Å². The number of hydrogen-bond acceptors (Lipinski definition) is 3. The average Bonchev–Trinajstić information content (AvgIpc) is 3.09. The van der Waals surface area contributed by atoms with Gasteiger partial charge in [0.1, 0.15) is 5.75 Å². The highest BCUT2D eigenvalue weighted by molar-refractivity contribution is 6.02. The van der Waals surface area contributed by atoms with Crippen LogP contribution in [0.3, 0.4) is 0 Å². The van der Waals surface area contributed by atoms with Crippen molar-refractivity contribution in [1.82, 2.24) is 4.68 Å². The molecule has 1 heterocycles. The third kappa shape index (κ3) is 4.23. The van der Waals surface area contributed by atoms with Gasteiger partial charge in [0.25, 0.3) is 5.91 Å². The van der Waals surface area contributed by atoms with Crippen LogP contribution in [0.4, 0.5) is 0 Å². The highest BCUT2D eigenvalue weighted by Crippen LogP contribution is 2.24. The smallest absolute Gasteiger partial charge is 0.303 e. The molecular weight excluding hydrogens is 356 g/mol. The second-order valence-corrected chi connectivity index (χ2v) is 6.45. The fourth-order valence-corrected chi connectivity index (χ4v) is 2.98. The van der Waals surface area contributed by atoms with Crippen LogP contribution in [0.5, 0.6) is 5.75 Å². The molecule has 0 radical (unpaired) electrons. The number of benzene rings is 2. The van der Waals surface area contributed by atoms with E-state index in [4.69, 9.17) is 9.84 Å². The molecule has 0 aliphatic carbocycles. The predicted octanol–water partition coefficient (Wildman–Crippen LogP) is 3.87. The molecule has 6 nitrogen and oxygen atoms in total. The van der Waals surface area contributed by atoms with Crippen molar-refractivity contribution in [3.63, 3.8) is 0 Å². The molecule has 3 rings (SSSR count). The minimum absolute atomic E-state index is 0.0259. The van der Waals surface area contributed by atoms with Gasteiger partial charge in [-0.3, -0.25) is 19.7 Å². The van der Waals surface area contributed by atoms with E-state index in [-0.39, 0.29) is 12.3 Å². The van der Waals surface area contributed by atoms with Gasteiger partial charge in [-0.05, 0) is 31.2 Å². The Morgan fingerprint density at radius 3 is 2.43 bits per heavy atom. The fraction of sp³-hybridized carbons (Fsp3) is 0.182. The Hall–Kier alpha value is -3.54. The number of carbonyl (C=O) groups is 2. The lowest BCUT2D eigenvalue weighted by molar-refractivity contribution is -0.136. The van der Waals surface area contributed by atoms with Crippen molar-refractivity contribution >= 4 is 11.9 Å². The standard InChI is InChI=1S/C22H22N2O4/c1-15-7-9-16(10-8-15)19-13-11-17(12-14-21(25)26)24(19)23-22(27)18-5-3-4-6-20(18)28-2/h3-11,13H,12,14H2,1-2H3,(H,23,27)(H,25,26). The van der Waals surface area contributed by atoms with Gasteiger partial charge in [0.2, 0.25) is 0 Å². The van der Waals surface area contributed by atoms with E-state index in [0.717, 1.165) is 16.8 Å². The zero-order valence-corrected chi connectivity index (χ0v) is 15.8. The van der Waals surface area contributed by atoms with E-state index >= 15 is 0 Å². The molecule has 28 heavy (non-hydrogen) atoms. The van der Waals surface area contributed by atoms with Crippen molar-refractivity contribution in [1.29, 1.82) is 0 Å². The Balaban J connectivity index is 1.98. The van der Waals surface area contributed by atoms with Crippen LogP contribution in [0.15, 0.2) is 60.7 Å². The normalized spacial score (nSPS) is 10.5. The van der Waals surface area contributed by atoms with Crippen LogP contribution in [0.1, 0.15) is 28.0 Å². The van der Waals surface area contributed by atoms with Gasteiger partial charge >= 0.3 is 5.97 Å². The Labute approximate surface area is 163 Å². The number of amides is 1. The topological polar surface area (TPSA) is 80.6 Å². The van der Waals surface area contributed by atoms with Crippen LogP contribution in [0.25, 0.3) is 11.3 Å². The summed E-state index contributed by atoms with van der Waals surface area (Å²) in [4.78, 5) is 23.9. The number of methoxy groups -OCH3 is 1. The maximum Gasteiger partial charge on any atom is 0.303 e. The van der Waals surface area contributed by atoms with Crippen molar-refractivity contribution in [2.45, 2.75) is 19.8 Å². The zero-order chi connectivity index (χ0) is 20.1. The summed E-state index contributed by atoms with van der Waals surface area (Å²) in [6, 6.07) is 18.6. The zero-order valence-electron chi connectivity index (χ0n) is 15.8. The molecule has 2 N–H and O–H groups in total. The summed E-state index contributed by atoms with van der Waals surface area (Å²) >= 11 is 0. The number of nitrogens with one attached hydrogen (secondary N) is 1. The molecule has 3 aromatic rings. The molecule has 0 saturated heterocycles. The largest absolute Gasteiger partial charge is 0.496 e. The van der Waals surface area contributed by atoms with Crippen LogP contribution in [-0.4, -0.2) is 28.8 Å². The van der Waals surface area contributed by atoms with Gasteiger partial charge < -0.3 is 9.84 Å².